The zero-order valence-electron chi connectivity index (χ0n) is 9.28. The lowest BCUT2D eigenvalue weighted by Crippen LogP contribution is -2.29. The normalized spacial score (nSPS) is 21.8. The highest BCUT2D eigenvalue weighted by molar-refractivity contribution is 7.89. The summed E-state index contributed by atoms with van der Waals surface area (Å²) in [4.78, 5) is 3.92. The van der Waals surface area contributed by atoms with E-state index in [1.54, 1.807) is 0 Å². The minimum absolute atomic E-state index is 0.0184. The molecule has 0 aromatic carbocycles. The van der Waals surface area contributed by atoms with E-state index in [1.807, 2.05) is 0 Å². The predicted octanol–water partition coefficient (Wildman–Crippen LogP) is -0.333. The van der Waals surface area contributed by atoms with Crippen molar-refractivity contribution in [3.8, 4) is 0 Å². The summed E-state index contributed by atoms with van der Waals surface area (Å²) in [5.74, 6) is 0.216. The lowest BCUT2D eigenvalue weighted by Gasteiger charge is -2.16. The quantitative estimate of drug-likeness (QED) is 0.772. The number of hydrogen-bond acceptors (Lipinski definition) is 5. The third-order valence-electron chi connectivity index (χ3n) is 2.90. The van der Waals surface area contributed by atoms with Crippen LogP contribution in [0.3, 0.4) is 0 Å². The van der Waals surface area contributed by atoms with Gasteiger partial charge in [0.15, 0.2) is 0 Å². The van der Waals surface area contributed by atoms with Gasteiger partial charge in [-0.2, -0.15) is 4.31 Å². The summed E-state index contributed by atoms with van der Waals surface area (Å²) in [5.41, 5.74) is 5.47. The molecular formula is C10H15N3O3S. The van der Waals surface area contributed by atoms with Gasteiger partial charge < -0.3 is 10.8 Å². The first kappa shape index (κ1) is 12.3. The van der Waals surface area contributed by atoms with E-state index < -0.39 is 10.0 Å². The Hall–Kier alpha value is -1.18. The molecule has 1 atom stereocenters. The zero-order valence-corrected chi connectivity index (χ0v) is 10.1. The highest BCUT2D eigenvalue weighted by Gasteiger charge is 2.32. The van der Waals surface area contributed by atoms with Crippen LogP contribution in [0, 0.1) is 5.92 Å². The topological polar surface area (TPSA) is 96.5 Å². The molecule has 1 aromatic heterocycles. The fraction of sp³-hybridized carbons (Fsp3) is 0.500. The number of hydrogen-bond donors (Lipinski definition) is 2. The summed E-state index contributed by atoms with van der Waals surface area (Å²) in [6.45, 7) is 0.821. The van der Waals surface area contributed by atoms with E-state index in [9.17, 15) is 8.42 Å². The van der Waals surface area contributed by atoms with Crippen LogP contribution in [0.4, 0.5) is 5.82 Å². The van der Waals surface area contributed by atoms with Crippen LogP contribution in [0.5, 0.6) is 0 Å². The summed E-state index contributed by atoms with van der Waals surface area (Å²) in [5, 5.41) is 9.01. The monoisotopic (exact) mass is 257 g/mol. The van der Waals surface area contributed by atoms with Gasteiger partial charge in [0.1, 0.15) is 5.82 Å². The van der Waals surface area contributed by atoms with E-state index in [2.05, 4.69) is 4.98 Å². The molecule has 0 saturated carbocycles. The molecule has 1 aromatic rings. The first-order valence-electron chi connectivity index (χ1n) is 5.36. The average molecular weight is 257 g/mol. The second kappa shape index (κ2) is 4.59. The Kier molecular flexibility index (Phi) is 3.32. The van der Waals surface area contributed by atoms with Crippen molar-refractivity contribution < 1.29 is 13.5 Å². The molecule has 0 amide bonds. The summed E-state index contributed by atoms with van der Waals surface area (Å²) < 4.78 is 25.8. The lowest BCUT2D eigenvalue weighted by molar-refractivity contribution is 0.233. The van der Waals surface area contributed by atoms with Crippen molar-refractivity contribution >= 4 is 15.8 Å². The molecule has 1 unspecified atom stereocenters. The van der Waals surface area contributed by atoms with Crippen LogP contribution >= 0.6 is 0 Å². The fourth-order valence-corrected chi connectivity index (χ4v) is 3.46. The van der Waals surface area contributed by atoms with Gasteiger partial charge in [0.05, 0.1) is 4.90 Å². The number of pyridine rings is 1. The first-order chi connectivity index (χ1) is 8.04. The zero-order chi connectivity index (χ0) is 12.5. The SMILES string of the molecule is Nc1cc(S(=O)(=O)N2CCC(CO)C2)ccn1. The number of aliphatic hydroxyl groups excluding tert-OH is 1. The predicted molar refractivity (Wildman–Crippen MR) is 62.6 cm³/mol. The Bertz CT molecular complexity index is 503. The number of nitrogen functional groups attached to an aromatic ring is 1. The molecule has 0 bridgehead atoms. The molecule has 6 nitrogen and oxygen atoms in total. The van der Waals surface area contributed by atoms with Gasteiger partial charge >= 0.3 is 0 Å². The minimum atomic E-state index is -3.50. The smallest absolute Gasteiger partial charge is 0.243 e. The Morgan fingerprint density at radius 3 is 2.94 bits per heavy atom. The molecular weight excluding hydrogens is 242 g/mol. The highest BCUT2D eigenvalue weighted by atomic mass is 32.2. The van der Waals surface area contributed by atoms with Crippen LogP contribution < -0.4 is 5.73 Å². The van der Waals surface area contributed by atoms with Crippen LogP contribution in [0.15, 0.2) is 23.2 Å². The molecule has 1 aliphatic heterocycles. The number of nitrogens with zero attached hydrogens (tertiary/aromatic N) is 2. The maximum Gasteiger partial charge on any atom is 0.243 e. The average Bonchev–Trinajstić information content (AvgIpc) is 2.78. The molecule has 0 radical (unpaired) electrons. The Morgan fingerprint density at radius 1 is 1.59 bits per heavy atom. The van der Waals surface area contributed by atoms with Crippen LogP contribution in [0.2, 0.25) is 0 Å². The van der Waals surface area contributed by atoms with Gasteiger partial charge in [0.25, 0.3) is 0 Å². The first-order valence-corrected chi connectivity index (χ1v) is 6.80. The Labute approximate surface area is 100 Å². The van der Waals surface area contributed by atoms with Gasteiger partial charge in [-0.1, -0.05) is 0 Å². The Balaban J connectivity index is 2.25. The molecule has 1 saturated heterocycles. The molecule has 1 aliphatic rings. The molecule has 0 aliphatic carbocycles. The second-order valence-electron chi connectivity index (χ2n) is 4.12. The van der Waals surface area contributed by atoms with Crippen LogP contribution in [0.1, 0.15) is 6.42 Å². The van der Waals surface area contributed by atoms with Crippen LogP contribution in [0.25, 0.3) is 0 Å². The standard InChI is InChI=1S/C10H15N3O3S/c11-10-5-9(1-3-12-10)17(15,16)13-4-2-8(6-13)7-14/h1,3,5,8,14H,2,4,6-7H2,(H2,11,12). The van der Waals surface area contributed by atoms with Crippen molar-refractivity contribution in [3.05, 3.63) is 18.3 Å². The van der Waals surface area contributed by atoms with Gasteiger partial charge in [-0.3, -0.25) is 0 Å². The van der Waals surface area contributed by atoms with E-state index in [-0.39, 0.29) is 23.2 Å². The third-order valence-corrected chi connectivity index (χ3v) is 4.76. The fourth-order valence-electron chi connectivity index (χ4n) is 1.90. The Morgan fingerprint density at radius 2 is 2.35 bits per heavy atom. The van der Waals surface area contributed by atoms with Gasteiger partial charge in [0, 0.05) is 32.0 Å². The number of aliphatic hydroxyl groups is 1. The second-order valence-corrected chi connectivity index (χ2v) is 6.05. The molecule has 0 spiro atoms. The number of aromatic nitrogens is 1. The van der Waals surface area contributed by atoms with E-state index in [1.165, 1.54) is 22.6 Å². The number of nitrogens with two attached hydrogens (primary N) is 1. The van der Waals surface area contributed by atoms with Crippen molar-refractivity contribution in [1.82, 2.24) is 9.29 Å². The van der Waals surface area contributed by atoms with E-state index in [4.69, 9.17) is 10.8 Å². The summed E-state index contributed by atoms with van der Waals surface area (Å²) in [6, 6.07) is 2.78. The van der Waals surface area contributed by atoms with Crippen molar-refractivity contribution in [2.45, 2.75) is 11.3 Å². The van der Waals surface area contributed by atoms with Crippen molar-refractivity contribution in [1.29, 1.82) is 0 Å². The van der Waals surface area contributed by atoms with Gasteiger partial charge in [0.2, 0.25) is 10.0 Å². The highest BCUT2D eigenvalue weighted by Crippen LogP contribution is 2.24. The summed E-state index contributed by atoms with van der Waals surface area (Å²) >= 11 is 0. The summed E-state index contributed by atoms with van der Waals surface area (Å²) in [7, 11) is -3.50. The van der Waals surface area contributed by atoms with E-state index in [0.29, 0.717) is 19.5 Å². The van der Waals surface area contributed by atoms with Gasteiger partial charge in [-0.05, 0) is 18.4 Å². The number of sulfonamides is 1. The van der Waals surface area contributed by atoms with E-state index >= 15 is 0 Å². The van der Waals surface area contributed by atoms with E-state index in [0.717, 1.165) is 0 Å². The number of anilines is 1. The van der Waals surface area contributed by atoms with Crippen LogP contribution in [-0.2, 0) is 10.0 Å². The van der Waals surface area contributed by atoms with Crippen molar-refractivity contribution in [3.63, 3.8) is 0 Å². The van der Waals surface area contributed by atoms with Gasteiger partial charge in [-0.25, -0.2) is 13.4 Å². The molecule has 2 rings (SSSR count). The third kappa shape index (κ3) is 2.41. The van der Waals surface area contributed by atoms with Crippen molar-refractivity contribution in [2.75, 3.05) is 25.4 Å². The van der Waals surface area contributed by atoms with Crippen LogP contribution in [-0.4, -0.2) is 42.5 Å². The largest absolute Gasteiger partial charge is 0.396 e. The van der Waals surface area contributed by atoms with Gasteiger partial charge in [-0.15, -0.1) is 0 Å². The minimum Gasteiger partial charge on any atom is -0.396 e. The molecule has 2 heterocycles. The molecule has 1 fully saturated rings. The molecule has 17 heavy (non-hydrogen) atoms. The molecule has 94 valence electrons. The number of rotatable bonds is 3. The maximum absolute atomic E-state index is 12.2. The summed E-state index contributed by atoms with van der Waals surface area (Å²) in [6.07, 6.45) is 2.07. The van der Waals surface area contributed by atoms with Crippen molar-refractivity contribution in [2.24, 2.45) is 5.92 Å². The molecule has 7 heteroatoms. The lowest BCUT2D eigenvalue weighted by atomic mass is 10.1. The maximum atomic E-state index is 12.2. The molecule has 3 N–H and O–H groups in total.